The number of nitrogens with one attached hydrogen (secondary N) is 1. The molecule has 0 saturated heterocycles. The van der Waals surface area contributed by atoms with Gasteiger partial charge < -0.3 is 5.32 Å². The fourth-order valence-corrected chi connectivity index (χ4v) is 2.96. The van der Waals surface area contributed by atoms with Gasteiger partial charge in [-0.05, 0) is 36.8 Å². The van der Waals surface area contributed by atoms with E-state index in [0.29, 0.717) is 12.1 Å². The van der Waals surface area contributed by atoms with E-state index in [2.05, 4.69) is 37.6 Å². The van der Waals surface area contributed by atoms with Crippen LogP contribution in [0.25, 0.3) is 0 Å². The van der Waals surface area contributed by atoms with Crippen molar-refractivity contribution in [2.75, 3.05) is 12.0 Å². The summed E-state index contributed by atoms with van der Waals surface area (Å²) in [7, 11) is 0. The third kappa shape index (κ3) is 5.21. The van der Waals surface area contributed by atoms with Gasteiger partial charge in [0.1, 0.15) is 0 Å². The zero-order chi connectivity index (χ0) is 13.4. The van der Waals surface area contributed by atoms with E-state index in [9.17, 15) is 0 Å². The molecule has 1 nitrogen and oxygen atoms in total. The van der Waals surface area contributed by atoms with Crippen molar-refractivity contribution in [3.05, 3.63) is 34.9 Å². The molecule has 1 aromatic rings. The topological polar surface area (TPSA) is 12.0 Å². The lowest BCUT2D eigenvalue weighted by molar-refractivity contribution is 0.427. The molecular weight excluding hydrogens is 262 g/mol. The molecule has 0 saturated carbocycles. The van der Waals surface area contributed by atoms with E-state index in [4.69, 9.17) is 11.6 Å². The summed E-state index contributed by atoms with van der Waals surface area (Å²) in [5, 5.41) is 4.59. The Labute approximate surface area is 121 Å². The van der Waals surface area contributed by atoms with Gasteiger partial charge in [0.15, 0.2) is 0 Å². The Morgan fingerprint density at radius 1 is 1.22 bits per heavy atom. The molecule has 0 radical (unpaired) electrons. The second-order valence-electron chi connectivity index (χ2n) is 4.62. The summed E-state index contributed by atoms with van der Waals surface area (Å²) < 4.78 is 0. The lowest BCUT2D eigenvalue weighted by Crippen LogP contribution is -2.34. The van der Waals surface area contributed by atoms with Crippen LogP contribution in [0.5, 0.6) is 0 Å². The van der Waals surface area contributed by atoms with Crippen LogP contribution >= 0.6 is 23.4 Å². The molecule has 0 aliphatic heterocycles. The molecule has 2 atom stereocenters. The van der Waals surface area contributed by atoms with Crippen molar-refractivity contribution in [1.29, 1.82) is 0 Å². The Bertz CT molecular complexity index is 326. The first-order valence-electron chi connectivity index (χ1n) is 6.71. The van der Waals surface area contributed by atoms with Gasteiger partial charge in [0.2, 0.25) is 0 Å². The molecule has 1 aromatic carbocycles. The summed E-state index contributed by atoms with van der Waals surface area (Å²) in [5.41, 5.74) is 1.35. The molecule has 18 heavy (non-hydrogen) atoms. The van der Waals surface area contributed by atoms with E-state index < -0.39 is 0 Å². The van der Waals surface area contributed by atoms with Gasteiger partial charge in [0.05, 0.1) is 0 Å². The SMILES string of the molecule is CCCC(NC(CC)CSC)c1ccc(Cl)cc1. The summed E-state index contributed by atoms with van der Waals surface area (Å²) in [6.07, 6.45) is 5.71. The minimum atomic E-state index is 0.448. The number of hydrogen-bond donors (Lipinski definition) is 1. The van der Waals surface area contributed by atoms with E-state index in [1.54, 1.807) is 0 Å². The normalized spacial score (nSPS) is 14.4. The highest BCUT2D eigenvalue weighted by molar-refractivity contribution is 7.98. The Morgan fingerprint density at radius 2 is 1.89 bits per heavy atom. The first kappa shape index (κ1) is 15.9. The Morgan fingerprint density at radius 3 is 2.39 bits per heavy atom. The maximum atomic E-state index is 5.95. The van der Waals surface area contributed by atoms with Crippen LogP contribution in [0, 0.1) is 0 Å². The predicted octanol–water partition coefficient (Wildman–Crippen LogP) is 4.91. The van der Waals surface area contributed by atoms with Gasteiger partial charge >= 0.3 is 0 Å². The zero-order valence-corrected chi connectivity index (χ0v) is 13.2. The molecule has 1 rings (SSSR count). The van der Waals surface area contributed by atoms with Crippen LogP contribution < -0.4 is 5.32 Å². The molecule has 3 heteroatoms. The van der Waals surface area contributed by atoms with E-state index in [1.807, 2.05) is 23.9 Å². The second-order valence-corrected chi connectivity index (χ2v) is 5.97. The number of benzene rings is 1. The molecule has 0 aromatic heterocycles. The largest absolute Gasteiger partial charge is 0.306 e. The number of thioether (sulfide) groups is 1. The van der Waals surface area contributed by atoms with Crippen LogP contribution in [0.1, 0.15) is 44.7 Å². The lowest BCUT2D eigenvalue weighted by atomic mass is 10.0. The fraction of sp³-hybridized carbons (Fsp3) is 0.600. The molecule has 0 bridgehead atoms. The highest BCUT2D eigenvalue weighted by Gasteiger charge is 2.14. The van der Waals surface area contributed by atoms with E-state index in [0.717, 1.165) is 5.02 Å². The van der Waals surface area contributed by atoms with E-state index in [-0.39, 0.29) is 0 Å². The predicted molar refractivity (Wildman–Crippen MR) is 84.7 cm³/mol. The minimum Gasteiger partial charge on any atom is -0.306 e. The van der Waals surface area contributed by atoms with Gasteiger partial charge in [0.25, 0.3) is 0 Å². The maximum absolute atomic E-state index is 5.95. The summed E-state index contributed by atoms with van der Waals surface area (Å²) >= 11 is 7.86. The minimum absolute atomic E-state index is 0.448. The highest BCUT2D eigenvalue weighted by atomic mass is 35.5. The average molecular weight is 286 g/mol. The smallest absolute Gasteiger partial charge is 0.0406 e. The van der Waals surface area contributed by atoms with Crippen LogP contribution in [-0.2, 0) is 0 Å². The Balaban J connectivity index is 2.71. The summed E-state index contributed by atoms with van der Waals surface area (Å²) in [5.74, 6) is 1.17. The third-order valence-electron chi connectivity index (χ3n) is 3.15. The first-order chi connectivity index (χ1) is 8.71. The highest BCUT2D eigenvalue weighted by Crippen LogP contribution is 2.22. The van der Waals surface area contributed by atoms with Gasteiger partial charge in [-0.2, -0.15) is 11.8 Å². The Kier molecular flexibility index (Phi) is 7.80. The van der Waals surface area contributed by atoms with Crippen molar-refractivity contribution in [3.8, 4) is 0 Å². The van der Waals surface area contributed by atoms with Crippen LogP contribution in [0.15, 0.2) is 24.3 Å². The molecule has 102 valence electrons. The van der Waals surface area contributed by atoms with Gasteiger partial charge in [-0.15, -0.1) is 0 Å². The van der Waals surface area contributed by atoms with E-state index >= 15 is 0 Å². The van der Waals surface area contributed by atoms with Gasteiger partial charge in [0, 0.05) is 22.9 Å². The quantitative estimate of drug-likeness (QED) is 0.728. The lowest BCUT2D eigenvalue weighted by Gasteiger charge is -2.25. The molecular formula is C15H24ClNS. The fourth-order valence-electron chi connectivity index (χ4n) is 2.10. The van der Waals surface area contributed by atoms with Crippen molar-refractivity contribution in [2.45, 2.75) is 45.2 Å². The van der Waals surface area contributed by atoms with Crippen molar-refractivity contribution < 1.29 is 0 Å². The second kappa shape index (κ2) is 8.84. The molecule has 0 spiro atoms. The summed E-state index contributed by atoms with van der Waals surface area (Å²) in [4.78, 5) is 0. The monoisotopic (exact) mass is 285 g/mol. The van der Waals surface area contributed by atoms with Crippen LogP contribution in [-0.4, -0.2) is 18.1 Å². The maximum Gasteiger partial charge on any atom is 0.0406 e. The van der Waals surface area contributed by atoms with Crippen molar-refractivity contribution >= 4 is 23.4 Å². The van der Waals surface area contributed by atoms with Crippen LogP contribution in [0.4, 0.5) is 0 Å². The van der Waals surface area contributed by atoms with Crippen molar-refractivity contribution in [3.63, 3.8) is 0 Å². The molecule has 0 aliphatic carbocycles. The van der Waals surface area contributed by atoms with Crippen LogP contribution in [0.2, 0.25) is 5.02 Å². The molecule has 0 aliphatic rings. The molecule has 1 N–H and O–H groups in total. The molecule has 0 amide bonds. The van der Waals surface area contributed by atoms with Gasteiger partial charge in [-0.1, -0.05) is 44.0 Å². The Hall–Kier alpha value is -0.180. The van der Waals surface area contributed by atoms with Crippen molar-refractivity contribution in [2.24, 2.45) is 0 Å². The zero-order valence-electron chi connectivity index (χ0n) is 11.6. The van der Waals surface area contributed by atoms with E-state index in [1.165, 1.54) is 30.6 Å². The average Bonchev–Trinajstić information content (AvgIpc) is 2.38. The summed E-state index contributed by atoms with van der Waals surface area (Å²) in [6.45, 7) is 4.48. The van der Waals surface area contributed by atoms with Crippen LogP contribution in [0.3, 0.4) is 0 Å². The molecule has 2 unspecified atom stereocenters. The third-order valence-corrected chi connectivity index (χ3v) is 4.13. The summed E-state index contributed by atoms with van der Waals surface area (Å²) in [6, 6.07) is 9.28. The van der Waals surface area contributed by atoms with Crippen molar-refractivity contribution in [1.82, 2.24) is 5.32 Å². The van der Waals surface area contributed by atoms with Gasteiger partial charge in [-0.25, -0.2) is 0 Å². The number of hydrogen-bond acceptors (Lipinski definition) is 2. The standard InChI is InChI=1S/C15H24ClNS/c1-4-6-15(17-14(5-2)11-18-3)12-7-9-13(16)10-8-12/h7-10,14-15,17H,4-6,11H2,1-3H3. The first-order valence-corrected chi connectivity index (χ1v) is 8.48. The number of halogens is 1. The molecule has 0 heterocycles. The molecule has 0 fully saturated rings. The number of rotatable bonds is 8. The van der Waals surface area contributed by atoms with Gasteiger partial charge in [-0.3, -0.25) is 0 Å².